The SMILES string of the molecule is Cc1cccc(C)c1OCCCC(=O)Nc1cccc(CNC(=O)CC#N)c1. The molecule has 0 aliphatic heterocycles. The van der Waals surface area contributed by atoms with Gasteiger partial charge in [-0.15, -0.1) is 0 Å². The van der Waals surface area contributed by atoms with Gasteiger partial charge in [-0.1, -0.05) is 30.3 Å². The van der Waals surface area contributed by atoms with Gasteiger partial charge >= 0.3 is 0 Å². The Morgan fingerprint density at radius 1 is 1.07 bits per heavy atom. The number of amides is 2. The molecule has 6 heteroatoms. The molecule has 0 aliphatic rings. The minimum atomic E-state index is -0.319. The highest BCUT2D eigenvalue weighted by Crippen LogP contribution is 2.22. The summed E-state index contributed by atoms with van der Waals surface area (Å²) in [6.45, 7) is 4.80. The summed E-state index contributed by atoms with van der Waals surface area (Å²) in [5, 5.41) is 14.0. The first-order chi connectivity index (χ1) is 13.5. The molecule has 2 amide bonds. The molecule has 2 aromatic carbocycles. The fraction of sp³-hybridized carbons (Fsp3) is 0.318. The molecule has 2 rings (SSSR count). The van der Waals surface area contributed by atoms with E-state index in [-0.39, 0.29) is 18.2 Å². The van der Waals surface area contributed by atoms with Crippen molar-refractivity contribution in [3.8, 4) is 11.8 Å². The first-order valence-corrected chi connectivity index (χ1v) is 9.21. The number of para-hydroxylation sites is 1. The number of rotatable bonds is 9. The number of hydrogen-bond donors (Lipinski definition) is 2. The van der Waals surface area contributed by atoms with Gasteiger partial charge in [0.2, 0.25) is 11.8 Å². The summed E-state index contributed by atoms with van der Waals surface area (Å²) in [7, 11) is 0. The molecule has 2 N–H and O–H groups in total. The van der Waals surface area contributed by atoms with Crippen molar-refractivity contribution in [2.75, 3.05) is 11.9 Å². The highest BCUT2D eigenvalue weighted by atomic mass is 16.5. The fourth-order valence-corrected chi connectivity index (χ4v) is 2.75. The largest absolute Gasteiger partial charge is 0.493 e. The summed E-state index contributed by atoms with van der Waals surface area (Å²) >= 11 is 0. The predicted octanol–water partition coefficient (Wildman–Crippen LogP) is 3.63. The number of anilines is 1. The zero-order valence-corrected chi connectivity index (χ0v) is 16.2. The number of carbonyl (C=O) groups excluding carboxylic acids is 2. The van der Waals surface area contributed by atoms with Crippen LogP contribution in [0.1, 0.15) is 36.0 Å². The molecule has 2 aromatic rings. The standard InChI is InChI=1S/C22H25N3O3/c1-16-6-3-7-17(2)22(16)28-13-5-10-21(27)25-19-9-4-8-18(14-19)15-24-20(26)11-12-23/h3-4,6-9,14H,5,10-11,13,15H2,1-2H3,(H,24,26)(H,25,27). The summed E-state index contributed by atoms with van der Waals surface area (Å²) in [6, 6.07) is 15.1. The Bertz CT molecular complexity index is 851. The molecule has 0 unspecified atom stereocenters. The number of benzene rings is 2. The molecule has 0 fully saturated rings. The molecule has 0 aliphatic carbocycles. The molecular formula is C22H25N3O3. The van der Waals surface area contributed by atoms with Gasteiger partial charge in [-0.3, -0.25) is 9.59 Å². The molecule has 146 valence electrons. The smallest absolute Gasteiger partial charge is 0.234 e. The summed E-state index contributed by atoms with van der Waals surface area (Å²) in [4.78, 5) is 23.5. The molecule has 0 bridgehead atoms. The lowest BCUT2D eigenvalue weighted by Crippen LogP contribution is -2.22. The van der Waals surface area contributed by atoms with Gasteiger partial charge in [0, 0.05) is 18.7 Å². The van der Waals surface area contributed by atoms with E-state index in [4.69, 9.17) is 10.00 Å². The second-order valence-electron chi connectivity index (χ2n) is 6.53. The third-order valence-electron chi connectivity index (χ3n) is 4.14. The van der Waals surface area contributed by atoms with E-state index in [0.717, 1.165) is 22.4 Å². The van der Waals surface area contributed by atoms with E-state index in [1.807, 2.05) is 44.2 Å². The normalized spacial score (nSPS) is 10.0. The lowest BCUT2D eigenvalue weighted by Gasteiger charge is -2.12. The second-order valence-corrected chi connectivity index (χ2v) is 6.53. The van der Waals surface area contributed by atoms with Crippen LogP contribution in [0.2, 0.25) is 0 Å². The van der Waals surface area contributed by atoms with E-state index in [9.17, 15) is 9.59 Å². The van der Waals surface area contributed by atoms with Crippen molar-refractivity contribution >= 4 is 17.5 Å². The van der Waals surface area contributed by atoms with Crippen LogP contribution in [-0.2, 0) is 16.1 Å². The van der Waals surface area contributed by atoms with Gasteiger partial charge in [0.05, 0.1) is 12.7 Å². The highest BCUT2D eigenvalue weighted by molar-refractivity contribution is 5.90. The zero-order valence-electron chi connectivity index (χ0n) is 16.2. The first kappa shape index (κ1) is 21.0. The Labute approximate surface area is 165 Å². The lowest BCUT2D eigenvalue weighted by molar-refractivity contribution is -0.120. The summed E-state index contributed by atoms with van der Waals surface area (Å²) in [6.07, 6.45) is 0.804. The average Bonchev–Trinajstić information content (AvgIpc) is 2.66. The van der Waals surface area contributed by atoms with E-state index in [1.165, 1.54) is 0 Å². The maximum Gasteiger partial charge on any atom is 0.234 e. The van der Waals surface area contributed by atoms with Gasteiger partial charge in [-0.05, 0) is 49.1 Å². The van der Waals surface area contributed by atoms with E-state index in [1.54, 1.807) is 18.2 Å². The Kier molecular flexibility index (Phi) is 8.04. The van der Waals surface area contributed by atoms with Crippen LogP contribution in [0, 0.1) is 25.2 Å². The van der Waals surface area contributed by atoms with E-state index >= 15 is 0 Å². The average molecular weight is 379 g/mol. The van der Waals surface area contributed by atoms with Crippen LogP contribution >= 0.6 is 0 Å². The van der Waals surface area contributed by atoms with Crippen molar-refractivity contribution < 1.29 is 14.3 Å². The maximum absolute atomic E-state index is 12.1. The first-order valence-electron chi connectivity index (χ1n) is 9.21. The molecule has 0 heterocycles. The fourth-order valence-electron chi connectivity index (χ4n) is 2.75. The predicted molar refractivity (Wildman–Crippen MR) is 108 cm³/mol. The van der Waals surface area contributed by atoms with Crippen LogP contribution in [-0.4, -0.2) is 18.4 Å². The molecule has 0 radical (unpaired) electrons. The lowest BCUT2D eigenvalue weighted by atomic mass is 10.1. The van der Waals surface area contributed by atoms with Crippen molar-refractivity contribution in [1.29, 1.82) is 5.26 Å². The third-order valence-corrected chi connectivity index (χ3v) is 4.14. The Morgan fingerprint density at radius 2 is 1.79 bits per heavy atom. The van der Waals surface area contributed by atoms with Gasteiger partial charge in [-0.25, -0.2) is 0 Å². The van der Waals surface area contributed by atoms with Crippen LogP contribution in [0.4, 0.5) is 5.69 Å². The summed E-state index contributed by atoms with van der Waals surface area (Å²) < 4.78 is 5.82. The Balaban J connectivity index is 1.76. The van der Waals surface area contributed by atoms with Crippen LogP contribution in [0.5, 0.6) is 5.75 Å². The van der Waals surface area contributed by atoms with E-state index in [0.29, 0.717) is 31.7 Å². The number of nitrogens with one attached hydrogen (secondary N) is 2. The monoisotopic (exact) mass is 379 g/mol. The minimum Gasteiger partial charge on any atom is -0.493 e. The number of nitriles is 1. The van der Waals surface area contributed by atoms with Gasteiger partial charge in [0.15, 0.2) is 0 Å². The summed E-state index contributed by atoms with van der Waals surface area (Å²) in [5.41, 5.74) is 3.70. The Hall–Kier alpha value is -3.33. The molecule has 0 spiro atoms. The minimum absolute atomic E-state index is 0.0872. The molecule has 0 saturated carbocycles. The molecule has 28 heavy (non-hydrogen) atoms. The maximum atomic E-state index is 12.1. The van der Waals surface area contributed by atoms with Gasteiger partial charge < -0.3 is 15.4 Å². The highest BCUT2D eigenvalue weighted by Gasteiger charge is 2.06. The molecule has 0 atom stereocenters. The van der Waals surface area contributed by atoms with Gasteiger partial charge in [0.1, 0.15) is 12.2 Å². The summed E-state index contributed by atoms with van der Waals surface area (Å²) in [5.74, 6) is 0.477. The molecule has 6 nitrogen and oxygen atoms in total. The van der Waals surface area contributed by atoms with Gasteiger partial charge in [-0.2, -0.15) is 5.26 Å². The molecule has 0 aromatic heterocycles. The number of ether oxygens (including phenoxy) is 1. The van der Waals surface area contributed by atoms with Crippen molar-refractivity contribution in [2.24, 2.45) is 0 Å². The Morgan fingerprint density at radius 3 is 2.50 bits per heavy atom. The van der Waals surface area contributed by atoms with Crippen molar-refractivity contribution in [1.82, 2.24) is 5.32 Å². The number of carbonyl (C=O) groups is 2. The van der Waals surface area contributed by atoms with Crippen molar-refractivity contribution in [2.45, 2.75) is 39.7 Å². The molecular weight excluding hydrogens is 354 g/mol. The molecule has 0 saturated heterocycles. The zero-order chi connectivity index (χ0) is 20.4. The van der Waals surface area contributed by atoms with E-state index in [2.05, 4.69) is 10.6 Å². The number of aryl methyl sites for hydroxylation is 2. The van der Waals surface area contributed by atoms with Crippen LogP contribution in [0.15, 0.2) is 42.5 Å². The van der Waals surface area contributed by atoms with Crippen LogP contribution in [0.3, 0.4) is 0 Å². The quantitative estimate of drug-likeness (QED) is 0.651. The number of nitrogens with zero attached hydrogens (tertiary/aromatic N) is 1. The third kappa shape index (κ3) is 6.76. The van der Waals surface area contributed by atoms with E-state index < -0.39 is 0 Å². The van der Waals surface area contributed by atoms with Crippen LogP contribution < -0.4 is 15.4 Å². The van der Waals surface area contributed by atoms with Crippen molar-refractivity contribution in [3.63, 3.8) is 0 Å². The number of hydrogen-bond acceptors (Lipinski definition) is 4. The second kappa shape index (κ2) is 10.7. The van der Waals surface area contributed by atoms with Crippen molar-refractivity contribution in [3.05, 3.63) is 59.2 Å². The van der Waals surface area contributed by atoms with Gasteiger partial charge in [0.25, 0.3) is 0 Å². The van der Waals surface area contributed by atoms with Crippen LogP contribution in [0.25, 0.3) is 0 Å². The topological polar surface area (TPSA) is 91.2 Å².